The van der Waals surface area contributed by atoms with Crippen molar-refractivity contribution in [2.45, 2.75) is 26.7 Å². The molecule has 1 fully saturated rings. The van der Waals surface area contributed by atoms with Gasteiger partial charge in [0.25, 0.3) is 0 Å². The quantitative estimate of drug-likeness (QED) is 0.454. The molecule has 0 radical (unpaired) electrons. The van der Waals surface area contributed by atoms with Crippen molar-refractivity contribution in [3.63, 3.8) is 0 Å². The van der Waals surface area contributed by atoms with Gasteiger partial charge in [0.1, 0.15) is 0 Å². The highest BCUT2D eigenvalue weighted by atomic mass is 16.1. The molecule has 0 unspecified atom stereocenters. The van der Waals surface area contributed by atoms with Crippen LogP contribution in [-0.4, -0.2) is 44.2 Å². The molecule has 1 aromatic rings. The van der Waals surface area contributed by atoms with Gasteiger partial charge in [0, 0.05) is 50.2 Å². The summed E-state index contributed by atoms with van der Waals surface area (Å²) in [5.41, 5.74) is 4.03. The molecule has 0 N–H and O–H groups in total. The fourth-order valence-electron chi connectivity index (χ4n) is 2.83. The monoisotopic (exact) mass is 325 g/mol. The minimum Gasteiger partial charge on any atom is -0.372 e. The molecule has 0 atom stereocenters. The van der Waals surface area contributed by atoms with Crippen LogP contribution >= 0.6 is 0 Å². The van der Waals surface area contributed by atoms with Gasteiger partial charge < -0.3 is 9.91 Å². The first-order valence-electron chi connectivity index (χ1n) is 8.55. The highest BCUT2D eigenvalue weighted by Crippen LogP contribution is 2.28. The van der Waals surface area contributed by atoms with Crippen molar-refractivity contribution in [1.29, 1.82) is 0 Å². The molecule has 4 nitrogen and oxygen atoms in total. The molecule has 1 aliphatic rings. The number of benzene rings is 1. The van der Waals surface area contributed by atoms with Gasteiger partial charge in [-0.1, -0.05) is 12.1 Å². The van der Waals surface area contributed by atoms with Gasteiger partial charge in [0.2, 0.25) is 0 Å². The first-order valence-corrected chi connectivity index (χ1v) is 8.55. The van der Waals surface area contributed by atoms with Crippen LogP contribution in [0.1, 0.15) is 32.3 Å². The van der Waals surface area contributed by atoms with E-state index in [2.05, 4.69) is 48.1 Å². The Morgan fingerprint density at radius 3 is 2.25 bits per heavy atom. The molecule has 0 spiro atoms. The average molecular weight is 325 g/mol. The van der Waals surface area contributed by atoms with Crippen LogP contribution in [0.2, 0.25) is 0 Å². The van der Waals surface area contributed by atoms with Crippen LogP contribution in [0.3, 0.4) is 0 Å². The standard InChI is InChI=1S/C20H27N3O/c1-5-23(6-2)19-11-7-16(8-12-19)15-18-10-9-17(20(18)24)13-14-21-22(3)4/h7-8,11-15H,5-6,9-10H2,1-4H3/b17-13+,18-15-,21-14+. The highest BCUT2D eigenvalue weighted by Gasteiger charge is 2.22. The molecule has 1 saturated carbocycles. The van der Waals surface area contributed by atoms with Crippen LogP contribution in [0.4, 0.5) is 5.69 Å². The Hall–Kier alpha value is -2.36. The van der Waals surface area contributed by atoms with E-state index in [-0.39, 0.29) is 5.78 Å². The predicted octanol–water partition coefficient (Wildman–Crippen LogP) is 3.75. The van der Waals surface area contributed by atoms with Crippen LogP contribution in [0.15, 0.2) is 46.6 Å². The lowest BCUT2D eigenvalue weighted by atomic mass is 10.1. The fourth-order valence-corrected chi connectivity index (χ4v) is 2.83. The molecule has 0 aromatic heterocycles. The first-order chi connectivity index (χ1) is 11.5. The van der Waals surface area contributed by atoms with E-state index in [4.69, 9.17) is 0 Å². The van der Waals surface area contributed by atoms with Crippen LogP contribution in [0.5, 0.6) is 0 Å². The second-order valence-electron chi connectivity index (χ2n) is 6.07. The Morgan fingerprint density at radius 1 is 1.04 bits per heavy atom. The Bertz CT molecular complexity index is 650. The molecule has 0 saturated heterocycles. The van der Waals surface area contributed by atoms with E-state index in [9.17, 15) is 4.79 Å². The molecule has 0 amide bonds. The molecule has 24 heavy (non-hydrogen) atoms. The maximum atomic E-state index is 12.4. The Balaban J connectivity index is 2.10. The van der Waals surface area contributed by atoms with Crippen molar-refractivity contribution < 1.29 is 4.79 Å². The predicted molar refractivity (Wildman–Crippen MR) is 102 cm³/mol. The number of carbonyl (C=O) groups excluding carboxylic acids is 1. The van der Waals surface area contributed by atoms with E-state index in [1.165, 1.54) is 5.69 Å². The number of anilines is 1. The van der Waals surface area contributed by atoms with Crippen LogP contribution < -0.4 is 4.90 Å². The fraction of sp³-hybridized carbons (Fsp3) is 0.400. The minimum atomic E-state index is 0.146. The van der Waals surface area contributed by atoms with Crippen molar-refractivity contribution in [2.24, 2.45) is 5.10 Å². The Labute approximate surface area is 145 Å². The summed E-state index contributed by atoms with van der Waals surface area (Å²) in [6, 6.07) is 8.42. The normalized spacial score (nSPS) is 18.1. The van der Waals surface area contributed by atoms with Crippen molar-refractivity contribution in [3.05, 3.63) is 47.1 Å². The van der Waals surface area contributed by atoms with Crippen molar-refractivity contribution in [2.75, 3.05) is 32.1 Å². The molecule has 0 aliphatic heterocycles. The third-order valence-corrected chi connectivity index (χ3v) is 4.18. The molecule has 4 heteroatoms. The zero-order valence-electron chi connectivity index (χ0n) is 15.1. The van der Waals surface area contributed by atoms with Gasteiger partial charge in [-0.15, -0.1) is 0 Å². The summed E-state index contributed by atoms with van der Waals surface area (Å²) in [5.74, 6) is 0.146. The largest absolute Gasteiger partial charge is 0.372 e. The second kappa shape index (κ2) is 8.48. The van der Waals surface area contributed by atoms with Gasteiger partial charge in [-0.3, -0.25) is 4.79 Å². The summed E-state index contributed by atoms with van der Waals surface area (Å²) < 4.78 is 0. The smallest absolute Gasteiger partial charge is 0.185 e. The maximum Gasteiger partial charge on any atom is 0.185 e. The maximum absolute atomic E-state index is 12.4. The summed E-state index contributed by atoms with van der Waals surface area (Å²) in [7, 11) is 3.72. The number of rotatable bonds is 6. The summed E-state index contributed by atoms with van der Waals surface area (Å²) in [5, 5.41) is 5.84. The van der Waals surface area contributed by atoms with Gasteiger partial charge in [-0.25, -0.2) is 0 Å². The van der Waals surface area contributed by atoms with E-state index in [1.807, 2.05) is 26.2 Å². The number of ketones is 1. The second-order valence-corrected chi connectivity index (χ2v) is 6.07. The van der Waals surface area contributed by atoms with E-state index >= 15 is 0 Å². The lowest BCUT2D eigenvalue weighted by molar-refractivity contribution is -0.111. The van der Waals surface area contributed by atoms with E-state index in [0.29, 0.717) is 0 Å². The molecular formula is C20H27N3O. The van der Waals surface area contributed by atoms with Crippen molar-refractivity contribution in [1.82, 2.24) is 5.01 Å². The summed E-state index contributed by atoms with van der Waals surface area (Å²) in [6.07, 6.45) is 7.12. The number of hydrogen-bond donors (Lipinski definition) is 0. The lowest BCUT2D eigenvalue weighted by Crippen LogP contribution is -2.21. The SMILES string of the molecule is CCN(CC)c1ccc(/C=C2/CC/C(=C\C=N\N(C)C)C2=O)cc1. The van der Waals surface area contributed by atoms with Crippen LogP contribution in [0.25, 0.3) is 6.08 Å². The minimum absolute atomic E-state index is 0.146. The molecule has 128 valence electrons. The summed E-state index contributed by atoms with van der Waals surface area (Å²) >= 11 is 0. The Kier molecular flexibility index (Phi) is 6.36. The number of hydrazone groups is 1. The molecule has 1 aliphatic carbocycles. The summed E-state index contributed by atoms with van der Waals surface area (Å²) in [4.78, 5) is 14.7. The zero-order valence-corrected chi connectivity index (χ0v) is 15.1. The molecular weight excluding hydrogens is 298 g/mol. The molecule has 2 rings (SSSR count). The number of nitrogens with zero attached hydrogens (tertiary/aromatic N) is 3. The van der Waals surface area contributed by atoms with E-state index in [1.54, 1.807) is 11.2 Å². The number of carbonyl (C=O) groups is 1. The zero-order chi connectivity index (χ0) is 17.5. The van der Waals surface area contributed by atoms with Gasteiger partial charge in [0.15, 0.2) is 5.78 Å². The van der Waals surface area contributed by atoms with Crippen LogP contribution in [-0.2, 0) is 4.79 Å². The van der Waals surface area contributed by atoms with Gasteiger partial charge in [-0.05, 0) is 56.5 Å². The number of allylic oxidation sites excluding steroid dienone is 3. The average Bonchev–Trinajstić information content (AvgIpc) is 2.90. The van der Waals surface area contributed by atoms with E-state index in [0.717, 1.165) is 42.6 Å². The number of hydrogen-bond acceptors (Lipinski definition) is 4. The first kappa shape index (κ1) is 18.0. The van der Waals surface area contributed by atoms with Gasteiger partial charge in [0.05, 0.1) is 0 Å². The third-order valence-electron chi connectivity index (χ3n) is 4.18. The molecule has 1 aromatic carbocycles. The van der Waals surface area contributed by atoms with Gasteiger partial charge in [-0.2, -0.15) is 5.10 Å². The van der Waals surface area contributed by atoms with Crippen molar-refractivity contribution in [3.8, 4) is 0 Å². The topological polar surface area (TPSA) is 35.9 Å². The van der Waals surface area contributed by atoms with Crippen LogP contribution in [0, 0.1) is 0 Å². The lowest BCUT2D eigenvalue weighted by Gasteiger charge is -2.20. The van der Waals surface area contributed by atoms with Crippen molar-refractivity contribution >= 4 is 23.8 Å². The third kappa shape index (κ3) is 4.57. The summed E-state index contributed by atoms with van der Waals surface area (Å²) in [6.45, 7) is 6.31. The van der Waals surface area contributed by atoms with Gasteiger partial charge >= 0.3 is 0 Å². The van der Waals surface area contributed by atoms with E-state index < -0.39 is 0 Å². The highest BCUT2D eigenvalue weighted by molar-refractivity contribution is 6.14. The molecule has 0 heterocycles. The molecule has 0 bridgehead atoms. The Morgan fingerprint density at radius 2 is 1.67 bits per heavy atom. The number of Topliss-reactive ketones (excluding diaryl/α,β-unsaturated/α-hetero) is 1.